The second-order valence-electron chi connectivity index (χ2n) is 4.60. The lowest BCUT2D eigenvalue weighted by atomic mass is 9.82. The zero-order valence-corrected chi connectivity index (χ0v) is 11.7. The van der Waals surface area contributed by atoms with Crippen molar-refractivity contribution < 1.29 is 37.2 Å². The third-order valence-corrected chi connectivity index (χ3v) is 3.37. The first-order valence-corrected chi connectivity index (χ1v) is 5.93. The van der Waals surface area contributed by atoms with E-state index in [1.807, 2.05) is 0 Å². The summed E-state index contributed by atoms with van der Waals surface area (Å²) in [5, 5.41) is 19.6. The highest BCUT2D eigenvalue weighted by molar-refractivity contribution is 5.44. The van der Waals surface area contributed by atoms with E-state index >= 15 is 0 Å². The number of aliphatic hydroxyl groups is 1. The van der Waals surface area contributed by atoms with Crippen molar-refractivity contribution in [3.63, 3.8) is 0 Å². The number of benzene rings is 1. The van der Waals surface area contributed by atoms with Crippen molar-refractivity contribution >= 4 is 0 Å². The van der Waals surface area contributed by atoms with Crippen molar-refractivity contribution in [1.82, 2.24) is 0 Å². The minimum atomic E-state index is -5.02. The summed E-state index contributed by atoms with van der Waals surface area (Å²) in [6, 6.07) is 2.14. The van der Waals surface area contributed by atoms with Crippen LogP contribution in [0.1, 0.15) is 18.4 Å². The molecule has 0 saturated heterocycles. The Kier molecular flexibility index (Phi) is 5.06. The zero-order chi connectivity index (χ0) is 16.4. The average Bonchev–Trinajstić information content (AvgIpc) is 2.40. The van der Waals surface area contributed by atoms with Crippen LogP contribution in [-0.4, -0.2) is 42.8 Å². The monoisotopic (exact) mass is 312 g/mol. The van der Waals surface area contributed by atoms with Gasteiger partial charge in [-0.05, 0) is 6.07 Å². The van der Waals surface area contributed by atoms with Crippen LogP contribution in [-0.2, 0) is 4.74 Å². The molecule has 4 nitrogen and oxygen atoms in total. The summed E-state index contributed by atoms with van der Waals surface area (Å²) in [4.78, 5) is 0. The lowest BCUT2D eigenvalue weighted by Crippen LogP contribution is -2.52. The van der Waals surface area contributed by atoms with Crippen molar-refractivity contribution in [3.05, 3.63) is 23.5 Å². The maximum Gasteiger partial charge on any atom is 0.420 e. The molecule has 0 aromatic heterocycles. The van der Waals surface area contributed by atoms with Gasteiger partial charge in [-0.3, -0.25) is 0 Å². The number of phenols is 1. The van der Waals surface area contributed by atoms with Gasteiger partial charge in [0.25, 0.3) is 0 Å². The highest BCUT2D eigenvalue weighted by Crippen LogP contribution is 2.45. The van der Waals surface area contributed by atoms with Crippen LogP contribution in [0.2, 0.25) is 0 Å². The molecule has 2 unspecified atom stereocenters. The van der Waals surface area contributed by atoms with Crippen LogP contribution in [0.15, 0.2) is 12.1 Å². The SMILES string of the molecule is COCC(O)(C(C)c1ccc(OC)c(F)c1O)C(F)(F)F. The summed E-state index contributed by atoms with van der Waals surface area (Å²) in [5.74, 6) is -4.16. The fourth-order valence-corrected chi connectivity index (χ4v) is 2.00. The molecule has 0 saturated carbocycles. The number of methoxy groups -OCH3 is 2. The first kappa shape index (κ1) is 17.5. The van der Waals surface area contributed by atoms with Crippen LogP contribution < -0.4 is 4.74 Å². The molecule has 1 rings (SSSR count). The minimum Gasteiger partial charge on any atom is -0.505 e. The molecule has 0 bridgehead atoms. The second kappa shape index (κ2) is 6.07. The van der Waals surface area contributed by atoms with Crippen molar-refractivity contribution in [2.24, 2.45) is 0 Å². The highest BCUT2D eigenvalue weighted by Gasteiger charge is 2.58. The largest absolute Gasteiger partial charge is 0.505 e. The molecule has 0 heterocycles. The van der Waals surface area contributed by atoms with Gasteiger partial charge in [0.1, 0.15) is 0 Å². The Labute approximate surface area is 118 Å². The lowest BCUT2D eigenvalue weighted by molar-refractivity contribution is -0.280. The molecule has 1 aromatic carbocycles. The quantitative estimate of drug-likeness (QED) is 0.821. The van der Waals surface area contributed by atoms with Gasteiger partial charge in [0.15, 0.2) is 17.1 Å². The topological polar surface area (TPSA) is 58.9 Å². The maximum absolute atomic E-state index is 13.7. The molecule has 21 heavy (non-hydrogen) atoms. The van der Waals surface area contributed by atoms with Gasteiger partial charge in [-0.25, -0.2) is 0 Å². The molecule has 0 aliphatic heterocycles. The van der Waals surface area contributed by atoms with Crippen molar-refractivity contribution in [2.75, 3.05) is 20.8 Å². The van der Waals surface area contributed by atoms with Crippen molar-refractivity contribution in [1.29, 1.82) is 0 Å². The maximum atomic E-state index is 13.7. The third kappa shape index (κ3) is 3.06. The molecule has 0 spiro atoms. The Morgan fingerprint density at radius 3 is 2.24 bits per heavy atom. The van der Waals surface area contributed by atoms with E-state index in [0.717, 1.165) is 33.3 Å². The number of phenolic OH excluding ortho intramolecular Hbond substituents is 1. The van der Waals surface area contributed by atoms with E-state index in [-0.39, 0.29) is 5.75 Å². The fourth-order valence-electron chi connectivity index (χ4n) is 2.00. The number of ether oxygens (including phenoxy) is 2. The van der Waals surface area contributed by atoms with Gasteiger partial charge < -0.3 is 19.7 Å². The van der Waals surface area contributed by atoms with E-state index in [0.29, 0.717) is 0 Å². The molecule has 0 amide bonds. The number of hydrogen-bond acceptors (Lipinski definition) is 4. The molecule has 8 heteroatoms. The Hall–Kier alpha value is -1.54. The van der Waals surface area contributed by atoms with Gasteiger partial charge in [0.2, 0.25) is 5.82 Å². The Bertz CT molecular complexity index is 504. The van der Waals surface area contributed by atoms with Crippen molar-refractivity contribution in [3.8, 4) is 11.5 Å². The van der Waals surface area contributed by atoms with Gasteiger partial charge in [-0.15, -0.1) is 0 Å². The minimum absolute atomic E-state index is 0.314. The lowest BCUT2D eigenvalue weighted by Gasteiger charge is -2.35. The van der Waals surface area contributed by atoms with E-state index in [1.54, 1.807) is 0 Å². The summed E-state index contributed by atoms with van der Waals surface area (Å²) in [5.41, 5.74) is -3.66. The highest BCUT2D eigenvalue weighted by atomic mass is 19.4. The number of halogens is 4. The summed E-state index contributed by atoms with van der Waals surface area (Å²) < 4.78 is 62.0. The zero-order valence-electron chi connectivity index (χ0n) is 11.7. The second-order valence-corrected chi connectivity index (χ2v) is 4.60. The molecule has 0 aliphatic carbocycles. The van der Waals surface area contributed by atoms with Crippen LogP contribution in [0, 0.1) is 5.82 Å². The first-order valence-electron chi connectivity index (χ1n) is 5.93. The van der Waals surface area contributed by atoms with E-state index < -0.39 is 41.4 Å². The molecule has 1 aromatic rings. The van der Waals surface area contributed by atoms with Gasteiger partial charge in [-0.1, -0.05) is 13.0 Å². The summed E-state index contributed by atoms with van der Waals surface area (Å²) in [6.45, 7) is -0.0295. The molecule has 0 fully saturated rings. The standard InChI is InChI=1S/C13H16F4O4/c1-7(12(19,6-20-2)13(15,16)17)8-4-5-9(21-3)10(14)11(8)18/h4-5,7,18-19H,6H2,1-3H3. The van der Waals surface area contributed by atoms with E-state index in [9.17, 15) is 27.8 Å². The van der Waals surface area contributed by atoms with Crippen LogP contribution >= 0.6 is 0 Å². The van der Waals surface area contributed by atoms with Gasteiger partial charge in [-0.2, -0.15) is 17.6 Å². The predicted octanol–water partition coefficient (Wildman–Crippen LogP) is 2.58. The molecule has 120 valence electrons. The number of rotatable bonds is 5. The summed E-state index contributed by atoms with van der Waals surface area (Å²) in [6.07, 6.45) is -5.02. The van der Waals surface area contributed by atoms with Crippen LogP contribution in [0.4, 0.5) is 17.6 Å². The predicted molar refractivity (Wildman–Crippen MR) is 65.9 cm³/mol. The summed E-state index contributed by atoms with van der Waals surface area (Å²) >= 11 is 0. The van der Waals surface area contributed by atoms with Crippen LogP contribution in [0.3, 0.4) is 0 Å². The molecule has 2 atom stereocenters. The molecular formula is C13H16F4O4. The number of aromatic hydroxyl groups is 1. The molecular weight excluding hydrogens is 296 g/mol. The molecule has 2 N–H and O–H groups in total. The number of alkyl halides is 3. The summed E-state index contributed by atoms with van der Waals surface area (Å²) in [7, 11) is 2.15. The van der Waals surface area contributed by atoms with Crippen LogP contribution in [0.25, 0.3) is 0 Å². The Morgan fingerprint density at radius 1 is 1.24 bits per heavy atom. The van der Waals surface area contributed by atoms with E-state index in [2.05, 4.69) is 9.47 Å². The number of hydrogen-bond donors (Lipinski definition) is 2. The van der Waals surface area contributed by atoms with E-state index in [1.165, 1.54) is 0 Å². The smallest absolute Gasteiger partial charge is 0.420 e. The Morgan fingerprint density at radius 2 is 1.81 bits per heavy atom. The first-order chi connectivity index (χ1) is 9.60. The Balaban J connectivity index is 3.35. The average molecular weight is 312 g/mol. The van der Waals surface area contributed by atoms with Gasteiger partial charge in [0, 0.05) is 18.6 Å². The molecule has 0 aliphatic rings. The normalized spacial score (nSPS) is 16.4. The third-order valence-electron chi connectivity index (χ3n) is 3.37. The van der Waals surface area contributed by atoms with E-state index in [4.69, 9.17) is 0 Å². The fraction of sp³-hybridized carbons (Fsp3) is 0.538. The molecule has 0 radical (unpaired) electrons. The van der Waals surface area contributed by atoms with Crippen molar-refractivity contribution in [2.45, 2.75) is 24.6 Å². The van der Waals surface area contributed by atoms with Crippen LogP contribution in [0.5, 0.6) is 11.5 Å². The van der Waals surface area contributed by atoms with Gasteiger partial charge in [0.05, 0.1) is 13.7 Å². The van der Waals surface area contributed by atoms with Gasteiger partial charge >= 0.3 is 6.18 Å².